The number of nitrogens with zero attached hydrogens (tertiary/aromatic N) is 1. The van der Waals surface area contributed by atoms with Crippen molar-refractivity contribution >= 4 is 0 Å². The van der Waals surface area contributed by atoms with E-state index in [-0.39, 0.29) is 11.7 Å². The van der Waals surface area contributed by atoms with Gasteiger partial charge in [0, 0.05) is 12.5 Å². The van der Waals surface area contributed by atoms with Gasteiger partial charge in [0.05, 0.1) is 5.60 Å². The number of hydrogen-bond donors (Lipinski definition) is 2. The molecule has 0 aliphatic heterocycles. The van der Waals surface area contributed by atoms with Gasteiger partial charge in [-0.2, -0.15) is 0 Å². The number of aromatic hydroxyl groups is 1. The molecule has 1 aromatic rings. The van der Waals surface area contributed by atoms with Crippen molar-refractivity contribution in [2.24, 2.45) is 11.8 Å². The highest BCUT2D eigenvalue weighted by molar-refractivity contribution is 5.32. The first-order chi connectivity index (χ1) is 8.91. The molecule has 0 aromatic heterocycles. The van der Waals surface area contributed by atoms with Crippen LogP contribution in [0.25, 0.3) is 0 Å². The lowest BCUT2D eigenvalue weighted by Gasteiger charge is -2.44. The molecule has 0 radical (unpaired) electrons. The highest BCUT2D eigenvalue weighted by atomic mass is 16.3. The zero-order valence-electron chi connectivity index (χ0n) is 12.1. The highest BCUT2D eigenvalue weighted by Crippen LogP contribution is 2.44. The van der Waals surface area contributed by atoms with E-state index in [9.17, 15) is 10.2 Å². The zero-order chi connectivity index (χ0) is 14.0. The summed E-state index contributed by atoms with van der Waals surface area (Å²) in [5, 5.41) is 20.9. The van der Waals surface area contributed by atoms with Crippen molar-refractivity contribution in [3.63, 3.8) is 0 Å². The molecule has 1 aliphatic carbocycles. The first-order valence-electron chi connectivity index (χ1n) is 7.08. The molecule has 3 atom stereocenters. The maximum absolute atomic E-state index is 11.2. The topological polar surface area (TPSA) is 43.7 Å². The van der Waals surface area contributed by atoms with Crippen LogP contribution in [0.2, 0.25) is 0 Å². The minimum Gasteiger partial charge on any atom is -0.508 e. The van der Waals surface area contributed by atoms with E-state index in [1.54, 1.807) is 12.1 Å². The van der Waals surface area contributed by atoms with Gasteiger partial charge in [-0.1, -0.05) is 25.5 Å². The molecule has 106 valence electrons. The van der Waals surface area contributed by atoms with Crippen molar-refractivity contribution in [3.8, 4) is 5.75 Å². The van der Waals surface area contributed by atoms with E-state index in [1.807, 2.05) is 26.2 Å². The maximum Gasteiger partial charge on any atom is 0.115 e. The molecular weight excluding hydrogens is 238 g/mol. The van der Waals surface area contributed by atoms with E-state index < -0.39 is 5.60 Å². The summed E-state index contributed by atoms with van der Waals surface area (Å²) in [6.45, 7) is 3.07. The van der Waals surface area contributed by atoms with Crippen molar-refractivity contribution < 1.29 is 10.2 Å². The van der Waals surface area contributed by atoms with Gasteiger partial charge in [0.25, 0.3) is 0 Å². The van der Waals surface area contributed by atoms with E-state index >= 15 is 0 Å². The van der Waals surface area contributed by atoms with Crippen LogP contribution in [0, 0.1) is 11.8 Å². The molecule has 3 heteroatoms. The third-order valence-corrected chi connectivity index (χ3v) is 4.27. The minimum absolute atomic E-state index is 0.223. The van der Waals surface area contributed by atoms with Gasteiger partial charge >= 0.3 is 0 Å². The Bertz CT molecular complexity index is 433. The molecule has 0 heterocycles. The summed E-state index contributed by atoms with van der Waals surface area (Å²) in [5.74, 6) is 0.971. The molecular formula is C16H25NO2. The Labute approximate surface area is 115 Å². The van der Waals surface area contributed by atoms with Crippen molar-refractivity contribution in [3.05, 3.63) is 29.8 Å². The first-order valence-corrected chi connectivity index (χ1v) is 7.08. The summed E-state index contributed by atoms with van der Waals surface area (Å²) < 4.78 is 0. The second-order valence-corrected chi connectivity index (χ2v) is 6.32. The van der Waals surface area contributed by atoms with Gasteiger partial charge in [-0.05, 0) is 50.6 Å². The standard InChI is InChI=1S/C16H25NO2/c1-12-7-8-14(11-17(2)3)16(19,10-12)13-5-4-6-15(18)9-13/h4-6,9,12,14,18-19H,7-8,10-11H2,1-3H3. The fourth-order valence-corrected chi connectivity index (χ4v) is 3.34. The molecule has 0 amide bonds. The number of phenols is 1. The molecule has 1 aromatic carbocycles. The molecule has 0 spiro atoms. The van der Waals surface area contributed by atoms with Crippen molar-refractivity contribution in [1.29, 1.82) is 0 Å². The lowest BCUT2D eigenvalue weighted by Crippen LogP contribution is -2.44. The Morgan fingerprint density at radius 1 is 1.32 bits per heavy atom. The molecule has 1 saturated carbocycles. The normalized spacial score (nSPS) is 31.6. The first kappa shape index (κ1) is 14.4. The number of hydrogen-bond acceptors (Lipinski definition) is 3. The van der Waals surface area contributed by atoms with Crippen LogP contribution in [0.3, 0.4) is 0 Å². The number of benzene rings is 1. The van der Waals surface area contributed by atoms with Crippen LogP contribution < -0.4 is 0 Å². The molecule has 2 rings (SSSR count). The Morgan fingerprint density at radius 3 is 2.68 bits per heavy atom. The molecule has 0 bridgehead atoms. The van der Waals surface area contributed by atoms with Crippen LogP contribution in [0.4, 0.5) is 0 Å². The van der Waals surface area contributed by atoms with Gasteiger partial charge in [0.15, 0.2) is 0 Å². The van der Waals surface area contributed by atoms with Crippen LogP contribution >= 0.6 is 0 Å². The van der Waals surface area contributed by atoms with Crippen molar-refractivity contribution in [2.75, 3.05) is 20.6 Å². The largest absolute Gasteiger partial charge is 0.508 e. The third-order valence-electron chi connectivity index (χ3n) is 4.27. The number of rotatable bonds is 3. The van der Waals surface area contributed by atoms with Gasteiger partial charge in [0.1, 0.15) is 5.75 Å². The van der Waals surface area contributed by atoms with Crippen LogP contribution in [0.1, 0.15) is 31.7 Å². The Morgan fingerprint density at radius 2 is 2.05 bits per heavy atom. The minimum atomic E-state index is -0.819. The van der Waals surface area contributed by atoms with Gasteiger partial charge in [0.2, 0.25) is 0 Å². The Kier molecular flexibility index (Phi) is 4.16. The van der Waals surface area contributed by atoms with Gasteiger partial charge in [-0.3, -0.25) is 0 Å². The number of phenolic OH excluding ortho intramolecular Hbond substituents is 1. The average molecular weight is 263 g/mol. The van der Waals surface area contributed by atoms with Gasteiger partial charge in [-0.15, -0.1) is 0 Å². The number of aliphatic hydroxyl groups is 1. The van der Waals surface area contributed by atoms with Gasteiger partial charge in [-0.25, -0.2) is 0 Å². The summed E-state index contributed by atoms with van der Waals surface area (Å²) >= 11 is 0. The van der Waals surface area contributed by atoms with E-state index in [4.69, 9.17) is 0 Å². The summed E-state index contributed by atoms with van der Waals surface area (Å²) in [4.78, 5) is 2.13. The second kappa shape index (κ2) is 5.51. The SMILES string of the molecule is CC1CCC(CN(C)C)C(O)(c2cccc(O)c2)C1. The van der Waals surface area contributed by atoms with E-state index in [0.717, 1.165) is 24.9 Å². The van der Waals surface area contributed by atoms with E-state index in [0.29, 0.717) is 5.92 Å². The lowest BCUT2D eigenvalue weighted by atomic mass is 9.68. The van der Waals surface area contributed by atoms with E-state index in [1.165, 1.54) is 6.42 Å². The monoisotopic (exact) mass is 263 g/mol. The predicted octanol–water partition coefficient (Wildman–Crippen LogP) is 2.58. The quantitative estimate of drug-likeness (QED) is 0.881. The second-order valence-electron chi connectivity index (χ2n) is 6.32. The average Bonchev–Trinajstić information content (AvgIpc) is 2.32. The maximum atomic E-state index is 11.2. The lowest BCUT2D eigenvalue weighted by molar-refractivity contribution is -0.0766. The van der Waals surface area contributed by atoms with E-state index in [2.05, 4.69) is 11.8 Å². The Hall–Kier alpha value is -1.06. The molecule has 2 N–H and O–H groups in total. The van der Waals surface area contributed by atoms with Crippen LogP contribution in [-0.4, -0.2) is 35.8 Å². The summed E-state index contributed by atoms with van der Waals surface area (Å²) in [6.07, 6.45) is 2.97. The van der Waals surface area contributed by atoms with Crippen molar-refractivity contribution in [1.82, 2.24) is 4.90 Å². The molecule has 3 nitrogen and oxygen atoms in total. The third kappa shape index (κ3) is 3.10. The summed E-state index contributed by atoms with van der Waals surface area (Å²) in [7, 11) is 4.09. The fourth-order valence-electron chi connectivity index (χ4n) is 3.34. The molecule has 1 aliphatic rings. The van der Waals surface area contributed by atoms with Crippen LogP contribution in [0.15, 0.2) is 24.3 Å². The highest BCUT2D eigenvalue weighted by Gasteiger charge is 2.42. The zero-order valence-corrected chi connectivity index (χ0v) is 12.1. The predicted molar refractivity (Wildman–Crippen MR) is 77.1 cm³/mol. The van der Waals surface area contributed by atoms with Gasteiger partial charge < -0.3 is 15.1 Å². The Balaban J connectivity index is 2.33. The van der Waals surface area contributed by atoms with Crippen LogP contribution in [-0.2, 0) is 5.60 Å². The van der Waals surface area contributed by atoms with Crippen LogP contribution in [0.5, 0.6) is 5.75 Å². The fraction of sp³-hybridized carbons (Fsp3) is 0.625. The molecule has 1 fully saturated rings. The molecule has 19 heavy (non-hydrogen) atoms. The molecule has 3 unspecified atom stereocenters. The molecule has 0 saturated heterocycles. The van der Waals surface area contributed by atoms with Crippen molar-refractivity contribution in [2.45, 2.75) is 31.8 Å². The summed E-state index contributed by atoms with van der Waals surface area (Å²) in [6, 6.07) is 7.11. The summed E-state index contributed by atoms with van der Waals surface area (Å²) in [5.41, 5.74) is 0.0339. The smallest absolute Gasteiger partial charge is 0.115 e.